The number of fused-ring (bicyclic) bond motifs is 1. The van der Waals surface area contributed by atoms with E-state index in [0.717, 1.165) is 38.4 Å². The number of guanidine groups is 1. The lowest BCUT2D eigenvalue weighted by atomic mass is 10.1. The predicted octanol–water partition coefficient (Wildman–Crippen LogP) is 3.19. The number of hydrogen-bond donors (Lipinski definition) is 1. The Labute approximate surface area is 162 Å². The van der Waals surface area contributed by atoms with Gasteiger partial charge in [-0.2, -0.15) is 0 Å². The van der Waals surface area contributed by atoms with Gasteiger partial charge in [0.25, 0.3) is 0 Å². The van der Waals surface area contributed by atoms with Gasteiger partial charge in [-0.3, -0.25) is 4.99 Å². The molecule has 4 nitrogen and oxygen atoms in total. The van der Waals surface area contributed by atoms with Crippen LogP contribution in [0.5, 0.6) is 0 Å². The van der Waals surface area contributed by atoms with Crippen LogP contribution in [-0.4, -0.2) is 50.6 Å². The zero-order valence-electron chi connectivity index (χ0n) is 16.3. The van der Waals surface area contributed by atoms with E-state index in [0.29, 0.717) is 5.92 Å². The fourth-order valence-electron chi connectivity index (χ4n) is 4.30. The number of anilines is 1. The largest absolute Gasteiger partial charge is 0.356 e. The maximum atomic E-state index is 4.54. The Bertz CT molecular complexity index is 771. The van der Waals surface area contributed by atoms with Gasteiger partial charge < -0.3 is 15.1 Å². The quantitative estimate of drug-likeness (QED) is 0.655. The molecule has 4 heteroatoms. The third kappa shape index (κ3) is 4.33. The number of nitrogens with one attached hydrogen (secondary N) is 1. The molecule has 2 heterocycles. The van der Waals surface area contributed by atoms with Gasteiger partial charge in [-0.15, -0.1) is 0 Å². The standard InChI is InChI=1S/C23H30N4/c1-24-23(27-16-13-21-9-5-6-10-22(21)27)25-17-20-12-15-26(18-20)14-11-19-7-3-2-4-8-19/h2-10,20H,11-18H2,1H3,(H,24,25). The first-order valence-electron chi connectivity index (χ1n) is 10.2. The Hall–Kier alpha value is -2.33. The van der Waals surface area contributed by atoms with Crippen molar-refractivity contribution in [3.63, 3.8) is 0 Å². The van der Waals surface area contributed by atoms with Gasteiger partial charge >= 0.3 is 0 Å². The zero-order chi connectivity index (χ0) is 18.5. The summed E-state index contributed by atoms with van der Waals surface area (Å²) in [5.74, 6) is 1.72. The Morgan fingerprint density at radius 3 is 2.74 bits per heavy atom. The SMILES string of the molecule is CN=C(NCC1CCN(CCc2ccccc2)C1)N1CCc2ccccc21. The molecule has 0 aliphatic carbocycles. The minimum absolute atomic E-state index is 0.704. The third-order valence-corrected chi connectivity index (χ3v) is 5.83. The van der Waals surface area contributed by atoms with Crippen LogP contribution in [0.15, 0.2) is 59.6 Å². The van der Waals surface area contributed by atoms with E-state index in [4.69, 9.17) is 0 Å². The minimum atomic E-state index is 0.704. The molecule has 1 atom stereocenters. The van der Waals surface area contributed by atoms with Gasteiger partial charge in [0.05, 0.1) is 0 Å². The number of rotatable bonds is 5. The fourth-order valence-corrected chi connectivity index (χ4v) is 4.30. The van der Waals surface area contributed by atoms with Crippen molar-refractivity contribution in [3.8, 4) is 0 Å². The van der Waals surface area contributed by atoms with Crippen molar-refractivity contribution in [2.45, 2.75) is 19.3 Å². The number of aliphatic imine (C=N–C) groups is 1. The highest BCUT2D eigenvalue weighted by molar-refractivity contribution is 5.97. The van der Waals surface area contributed by atoms with Crippen LogP contribution < -0.4 is 10.2 Å². The van der Waals surface area contributed by atoms with Crippen LogP contribution in [-0.2, 0) is 12.8 Å². The number of likely N-dealkylation sites (tertiary alicyclic amines) is 1. The lowest BCUT2D eigenvalue weighted by Crippen LogP contribution is -2.42. The highest BCUT2D eigenvalue weighted by Crippen LogP contribution is 2.27. The topological polar surface area (TPSA) is 30.9 Å². The summed E-state index contributed by atoms with van der Waals surface area (Å²) in [7, 11) is 1.89. The Morgan fingerprint density at radius 2 is 1.89 bits per heavy atom. The highest BCUT2D eigenvalue weighted by atomic mass is 15.3. The molecule has 1 saturated heterocycles. The molecular weight excluding hydrogens is 332 g/mol. The molecule has 4 rings (SSSR count). The molecule has 0 radical (unpaired) electrons. The van der Waals surface area contributed by atoms with Gasteiger partial charge in [0, 0.05) is 38.9 Å². The summed E-state index contributed by atoms with van der Waals surface area (Å²) in [5, 5.41) is 3.64. The molecule has 2 aliphatic rings. The summed E-state index contributed by atoms with van der Waals surface area (Å²) >= 11 is 0. The highest BCUT2D eigenvalue weighted by Gasteiger charge is 2.25. The first-order valence-corrected chi connectivity index (χ1v) is 10.2. The van der Waals surface area contributed by atoms with E-state index in [1.807, 2.05) is 7.05 Å². The van der Waals surface area contributed by atoms with E-state index in [9.17, 15) is 0 Å². The van der Waals surface area contributed by atoms with E-state index >= 15 is 0 Å². The molecule has 0 amide bonds. The van der Waals surface area contributed by atoms with Gasteiger partial charge in [-0.05, 0) is 48.9 Å². The van der Waals surface area contributed by atoms with Crippen molar-refractivity contribution in [3.05, 3.63) is 65.7 Å². The summed E-state index contributed by atoms with van der Waals surface area (Å²) in [6.45, 7) is 5.59. The normalized spacial score (nSPS) is 20.1. The average molecular weight is 363 g/mol. The van der Waals surface area contributed by atoms with Gasteiger partial charge in [-0.25, -0.2) is 0 Å². The second-order valence-corrected chi connectivity index (χ2v) is 7.65. The smallest absolute Gasteiger partial charge is 0.198 e. The molecule has 1 N–H and O–H groups in total. The van der Waals surface area contributed by atoms with Crippen LogP contribution in [0.25, 0.3) is 0 Å². The average Bonchev–Trinajstić information content (AvgIpc) is 3.35. The molecular formula is C23H30N4. The van der Waals surface area contributed by atoms with Gasteiger partial charge in [0.1, 0.15) is 0 Å². The van der Waals surface area contributed by atoms with Crippen LogP contribution in [0, 0.1) is 5.92 Å². The number of benzene rings is 2. The van der Waals surface area contributed by atoms with Crippen LogP contribution >= 0.6 is 0 Å². The summed E-state index contributed by atoms with van der Waals surface area (Å²) in [5.41, 5.74) is 4.17. The maximum absolute atomic E-state index is 4.54. The Kier molecular flexibility index (Phi) is 5.73. The number of nitrogens with zero attached hydrogens (tertiary/aromatic N) is 3. The molecule has 1 fully saturated rings. The molecule has 0 spiro atoms. The third-order valence-electron chi connectivity index (χ3n) is 5.83. The van der Waals surface area contributed by atoms with Crippen molar-refractivity contribution in [1.29, 1.82) is 0 Å². The first-order chi connectivity index (χ1) is 13.3. The summed E-state index contributed by atoms with van der Waals surface area (Å²) in [6, 6.07) is 19.5. The van der Waals surface area contributed by atoms with Gasteiger partial charge in [-0.1, -0.05) is 48.5 Å². The summed E-state index contributed by atoms with van der Waals surface area (Å²) < 4.78 is 0. The van der Waals surface area contributed by atoms with Crippen LogP contribution in [0.4, 0.5) is 5.69 Å². The van der Waals surface area contributed by atoms with Gasteiger partial charge in [0.2, 0.25) is 0 Å². The van der Waals surface area contributed by atoms with E-state index in [2.05, 4.69) is 74.7 Å². The molecule has 2 aromatic carbocycles. The van der Waals surface area contributed by atoms with Crippen molar-refractivity contribution in [1.82, 2.24) is 10.2 Å². The van der Waals surface area contributed by atoms with Crippen molar-refractivity contribution >= 4 is 11.6 Å². The van der Waals surface area contributed by atoms with Crippen molar-refractivity contribution < 1.29 is 0 Å². The first kappa shape index (κ1) is 18.1. The van der Waals surface area contributed by atoms with Crippen molar-refractivity contribution in [2.75, 3.05) is 44.7 Å². The minimum Gasteiger partial charge on any atom is -0.356 e. The lowest BCUT2D eigenvalue weighted by Gasteiger charge is -2.24. The monoisotopic (exact) mass is 362 g/mol. The summed E-state index contributed by atoms with van der Waals surface area (Å²) in [4.78, 5) is 9.48. The molecule has 2 aliphatic heterocycles. The Balaban J connectivity index is 1.25. The molecule has 2 aromatic rings. The molecule has 0 saturated carbocycles. The lowest BCUT2D eigenvalue weighted by molar-refractivity contribution is 0.328. The fraction of sp³-hybridized carbons (Fsp3) is 0.435. The predicted molar refractivity (Wildman–Crippen MR) is 114 cm³/mol. The van der Waals surface area contributed by atoms with Crippen molar-refractivity contribution in [2.24, 2.45) is 10.9 Å². The Morgan fingerprint density at radius 1 is 1.07 bits per heavy atom. The molecule has 0 aromatic heterocycles. The molecule has 27 heavy (non-hydrogen) atoms. The van der Waals surface area contributed by atoms with E-state index in [-0.39, 0.29) is 0 Å². The molecule has 1 unspecified atom stereocenters. The van der Waals surface area contributed by atoms with E-state index < -0.39 is 0 Å². The van der Waals surface area contributed by atoms with E-state index in [1.165, 1.54) is 36.3 Å². The van der Waals surface area contributed by atoms with E-state index in [1.54, 1.807) is 0 Å². The number of hydrogen-bond acceptors (Lipinski definition) is 2. The van der Waals surface area contributed by atoms with Crippen LogP contribution in [0.1, 0.15) is 17.5 Å². The van der Waals surface area contributed by atoms with Crippen LogP contribution in [0.2, 0.25) is 0 Å². The molecule has 0 bridgehead atoms. The zero-order valence-corrected chi connectivity index (χ0v) is 16.3. The van der Waals surface area contributed by atoms with Crippen LogP contribution in [0.3, 0.4) is 0 Å². The maximum Gasteiger partial charge on any atom is 0.198 e. The summed E-state index contributed by atoms with van der Waals surface area (Å²) in [6.07, 6.45) is 3.52. The second kappa shape index (κ2) is 8.57. The second-order valence-electron chi connectivity index (χ2n) is 7.65. The van der Waals surface area contributed by atoms with Gasteiger partial charge in [0.15, 0.2) is 5.96 Å². The number of para-hydroxylation sites is 1. The molecule has 142 valence electrons.